The lowest BCUT2D eigenvalue weighted by Crippen LogP contribution is -2.27. The zero-order chi connectivity index (χ0) is 13.4. The first-order valence-electron chi connectivity index (χ1n) is 6.66. The van der Waals surface area contributed by atoms with Gasteiger partial charge in [-0.25, -0.2) is 0 Å². The number of nitrogens with zero attached hydrogens (tertiary/aromatic N) is 3. The van der Waals surface area contributed by atoms with E-state index in [9.17, 15) is 0 Å². The molecule has 18 heavy (non-hydrogen) atoms. The predicted octanol–water partition coefficient (Wildman–Crippen LogP) is 1.31. The lowest BCUT2D eigenvalue weighted by molar-refractivity contribution is 0.259. The minimum absolute atomic E-state index is 0.514. The molecule has 4 heteroatoms. The van der Waals surface area contributed by atoms with Crippen molar-refractivity contribution in [2.45, 2.75) is 26.4 Å². The lowest BCUT2D eigenvalue weighted by Gasteiger charge is -2.21. The van der Waals surface area contributed by atoms with Crippen molar-refractivity contribution < 1.29 is 0 Å². The summed E-state index contributed by atoms with van der Waals surface area (Å²) in [5.41, 5.74) is 7.89. The van der Waals surface area contributed by atoms with Crippen LogP contribution < -0.4 is 5.73 Å². The summed E-state index contributed by atoms with van der Waals surface area (Å²) in [5.74, 6) is 0. The van der Waals surface area contributed by atoms with Crippen LogP contribution in [0.25, 0.3) is 0 Å². The third kappa shape index (κ3) is 5.58. The van der Waals surface area contributed by atoms with Gasteiger partial charge in [-0.2, -0.15) is 0 Å². The van der Waals surface area contributed by atoms with Crippen LogP contribution in [0.1, 0.15) is 24.6 Å². The van der Waals surface area contributed by atoms with E-state index >= 15 is 0 Å². The molecular weight excluding hydrogens is 224 g/mol. The number of hydrogen-bond acceptors (Lipinski definition) is 4. The van der Waals surface area contributed by atoms with E-state index in [-0.39, 0.29) is 0 Å². The maximum Gasteiger partial charge on any atom is 0.0542 e. The minimum atomic E-state index is 0.514. The van der Waals surface area contributed by atoms with Crippen molar-refractivity contribution in [1.82, 2.24) is 14.8 Å². The average molecular weight is 250 g/mol. The Morgan fingerprint density at radius 3 is 2.67 bits per heavy atom. The Balaban J connectivity index is 2.46. The quantitative estimate of drug-likeness (QED) is 0.756. The summed E-state index contributed by atoms with van der Waals surface area (Å²) < 4.78 is 0. The van der Waals surface area contributed by atoms with E-state index < -0.39 is 0 Å². The van der Waals surface area contributed by atoms with E-state index in [1.165, 1.54) is 12.0 Å². The first-order valence-corrected chi connectivity index (χ1v) is 6.66. The maximum atomic E-state index is 5.61. The van der Waals surface area contributed by atoms with Crippen LogP contribution >= 0.6 is 0 Å². The van der Waals surface area contributed by atoms with E-state index in [1.54, 1.807) is 0 Å². The topological polar surface area (TPSA) is 45.4 Å². The molecule has 0 bridgehead atoms. The van der Waals surface area contributed by atoms with Crippen LogP contribution in [0.4, 0.5) is 0 Å². The van der Waals surface area contributed by atoms with Crippen LogP contribution in [-0.2, 0) is 13.1 Å². The van der Waals surface area contributed by atoms with Crippen molar-refractivity contribution >= 4 is 0 Å². The number of pyridine rings is 1. The Morgan fingerprint density at radius 1 is 1.28 bits per heavy atom. The molecule has 0 unspecified atom stereocenters. The van der Waals surface area contributed by atoms with Crippen LogP contribution in [0.2, 0.25) is 0 Å². The van der Waals surface area contributed by atoms with Gasteiger partial charge in [-0.1, -0.05) is 6.92 Å². The fourth-order valence-electron chi connectivity index (χ4n) is 1.96. The lowest BCUT2D eigenvalue weighted by atomic mass is 10.2. The second kappa shape index (κ2) is 8.19. The molecule has 0 aliphatic rings. The van der Waals surface area contributed by atoms with Crippen molar-refractivity contribution in [3.05, 3.63) is 29.6 Å². The number of hydrogen-bond donors (Lipinski definition) is 1. The molecule has 0 aliphatic heterocycles. The van der Waals surface area contributed by atoms with Crippen molar-refractivity contribution in [3.8, 4) is 0 Å². The molecule has 1 aromatic heterocycles. The van der Waals surface area contributed by atoms with Crippen molar-refractivity contribution in [2.24, 2.45) is 5.73 Å². The third-order valence-electron chi connectivity index (χ3n) is 3.02. The zero-order valence-electron chi connectivity index (χ0n) is 11.9. The summed E-state index contributed by atoms with van der Waals surface area (Å²) in [6, 6.07) is 4.18. The highest BCUT2D eigenvalue weighted by atomic mass is 15.1. The van der Waals surface area contributed by atoms with Crippen LogP contribution in [0.3, 0.4) is 0 Å². The average Bonchev–Trinajstić information content (AvgIpc) is 2.37. The first-order chi connectivity index (χ1) is 8.65. The van der Waals surface area contributed by atoms with Crippen LogP contribution in [-0.4, -0.2) is 48.5 Å². The van der Waals surface area contributed by atoms with Crippen LogP contribution in [0.5, 0.6) is 0 Å². The minimum Gasteiger partial charge on any atom is -0.325 e. The Bertz CT molecular complexity index is 338. The van der Waals surface area contributed by atoms with Gasteiger partial charge in [0.15, 0.2) is 0 Å². The number of rotatable bonds is 8. The highest BCUT2D eigenvalue weighted by Crippen LogP contribution is 2.06. The fraction of sp³-hybridized carbons (Fsp3) is 0.643. The third-order valence-corrected chi connectivity index (χ3v) is 3.02. The van der Waals surface area contributed by atoms with Gasteiger partial charge in [-0.15, -0.1) is 0 Å². The van der Waals surface area contributed by atoms with Gasteiger partial charge in [0.1, 0.15) is 0 Å². The first kappa shape index (κ1) is 15.1. The molecule has 0 aromatic carbocycles. The molecule has 2 N–H and O–H groups in total. The standard InChI is InChI=1S/C14H26N4/c1-4-18(9-5-8-17(2)3)12-13-6-7-16-14(10-13)11-15/h6-7,10H,4-5,8-9,11-12,15H2,1-3H3. The van der Waals surface area contributed by atoms with Gasteiger partial charge in [-0.3, -0.25) is 9.88 Å². The largest absolute Gasteiger partial charge is 0.325 e. The molecule has 0 spiro atoms. The molecule has 0 fully saturated rings. The molecule has 0 saturated carbocycles. The SMILES string of the molecule is CCN(CCCN(C)C)Cc1ccnc(CN)c1. The molecule has 1 heterocycles. The van der Waals surface area contributed by atoms with Crippen molar-refractivity contribution in [3.63, 3.8) is 0 Å². The maximum absolute atomic E-state index is 5.61. The van der Waals surface area contributed by atoms with Gasteiger partial charge >= 0.3 is 0 Å². The molecular formula is C14H26N4. The van der Waals surface area contributed by atoms with Crippen molar-refractivity contribution in [1.29, 1.82) is 0 Å². The Kier molecular flexibility index (Phi) is 6.86. The van der Waals surface area contributed by atoms with Gasteiger partial charge < -0.3 is 10.6 Å². The van der Waals surface area contributed by atoms with E-state index in [0.29, 0.717) is 6.54 Å². The van der Waals surface area contributed by atoms with Gasteiger partial charge in [-0.05, 0) is 57.8 Å². The highest BCUT2D eigenvalue weighted by Gasteiger charge is 2.04. The second-order valence-corrected chi connectivity index (χ2v) is 4.89. The Labute approximate surface area is 111 Å². The molecule has 0 aliphatic carbocycles. The Hall–Kier alpha value is -0.970. The summed E-state index contributed by atoms with van der Waals surface area (Å²) in [6.45, 7) is 7.06. The summed E-state index contributed by atoms with van der Waals surface area (Å²) in [5, 5.41) is 0. The van der Waals surface area contributed by atoms with Gasteiger partial charge in [0.05, 0.1) is 5.69 Å². The predicted molar refractivity (Wildman–Crippen MR) is 76.3 cm³/mol. The van der Waals surface area contributed by atoms with Crippen LogP contribution in [0.15, 0.2) is 18.3 Å². The van der Waals surface area contributed by atoms with Crippen molar-refractivity contribution in [2.75, 3.05) is 33.7 Å². The van der Waals surface area contributed by atoms with Gasteiger partial charge in [0, 0.05) is 19.3 Å². The highest BCUT2D eigenvalue weighted by molar-refractivity contribution is 5.16. The normalized spacial score (nSPS) is 11.4. The summed E-state index contributed by atoms with van der Waals surface area (Å²) in [7, 11) is 4.24. The van der Waals surface area contributed by atoms with E-state index in [1.807, 2.05) is 6.20 Å². The molecule has 0 radical (unpaired) electrons. The van der Waals surface area contributed by atoms with Gasteiger partial charge in [0.2, 0.25) is 0 Å². The Morgan fingerprint density at radius 2 is 2.06 bits per heavy atom. The molecule has 0 saturated heterocycles. The monoisotopic (exact) mass is 250 g/mol. The van der Waals surface area contributed by atoms with E-state index in [2.05, 4.69) is 47.9 Å². The van der Waals surface area contributed by atoms with E-state index in [4.69, 9.17) is 5.73 Å². The second-order valence-electron chi connectivity index (χ2n) is 4.89. The smallest absolute Gasteiger partial charge is 0.0542 e. The molecule has 0 amide bonds. The molecule has 1 rings (SSSR count). The molecule has 4 nitrogen and oxygen atoms in total. The fourth-order valence-corrected chi connectivity index (χ4v) is 1.96. The zero-order valence-corrected chi connectivity index (χ0v) is 11.9. The van der Waals surface area contributed by atoms with Crippen LogP contribution in [0, 0.1) is 0 Å². The molecule has 102 valence electrons. The van der Waals surface area contributed by atoms with Gasteiger partial charge in [0.25, 0.3) is 0 Å². The summed E-state index contributed by atoms with van der Waals surface area (Å²) in [4.78, 5) is 8.91. The summed E-state index contributed by atoms with van der Waals surface area (Å²) >= 11 is 0. The molecule has 0 atom stereocenters. The summed E-state index contributed by atoms with van der Waals surface area (Å²) in [6.07, 6.45) is 3.06. The van der Waals surface area contributed by atoms with E-state index in [0.717, 1.165) is 31.9 Å². The number of aromatic nitrogens is 1. The molecule has 1 aromatic rings. The number of nitrogens with two attached hydrogens (primary N) is 1.